The molecular formula is C24H22N6O2S. The quantitative estimate of drug-likeness (QED) is 0.391. The predicted octanol–water partition coefficient (Wildman–Crippen LogP) is 4.64. The van der Waals surface area contributed by atoms with Crippen LogP contribution >= 0.6 is 11.8 Å². The van der Waals surface area contributed by atoms with E-state index in [0.717, 1.165) is 16.2 Å². The molecule has 0 radical (unpaired) electrons. The lowest BCUT2D eigenvalue weighted by Crippen LogP contribution is -2.21. The van der Waals surface area contributed by atoms with Gasteiger partial charge in [0.1, 0.15) is 10.8 Å². The Balaban J connectivity index is 1.42. The number of nitrogens with zero attached hydrogens (tertiary/aromatic N) is 3. The third-order valence-corrected chi connectivity index (χ3v) is 5.65. The maximum atomic E-state index is 12.6. The van der Waals surface area contributed by atoms with E-state index in [1.54, 1.807) is 43.2 Å². The van der Waals surface area contributed by atoms with E-state index >= 15 is 0 Å². The van der Waals surface area contributed by atoms with Crippen molar-refractivity contribution in [1.29, 1.82) is 0 Å². The molecule has 0 fully saturated rings. The van der Waals surface area contributed by atoms with Gasteiger partial charge in [-0.05, 0) is 30.3 Å². The number of amides is 3. The molecule has 3 N–H and O–H groups in total. The van der Waals surface area contributed by atoms with E-state index < -0.39 is 0 Å². The molecule has 0 spiro atoms. The lowest BCUT2D eigenvalue weighted by Gasteiger charge is -2.09. The van der Waals surface area contributed by atoms with Crippen molar-refractivity contribution in [1.82, 2.24) is 20.1 Å². The molecule has 4 rings (SSSR count). The Hall–Kier alpha value is -4.11. The van der Waals surface area contributed by atoms with E-state index in [-0.39, 0.29) is 11.9 Å². The summed E-state index contributed by atoms with van der Waals surface area (Å²) in [5.41, 5.74) is 2.92. The van der Waals surface area contributed by atoms with Crippen LogP contribution in [0.5, 0.6) is 0 Å². The fourth-order valence-corrected chi connectivity index (χ4v) is 4.00. The van der Waals surface area contributed by atoms with Crippen molar-refractivity contribution in [2.45, 2.75) is 9.92 Å². The fourth-order valence-electron chi connectivity index (χ4n) is 3.12. The molecule has 3 amide bonds. The van der Waals surface area contributed by atoms with Gasteiger partial charge in [-0.15, -0.1) is 0 Å². The summed E-state index contributed by atoms with van der Waals surface area (Å²) < 4.78 is 1.62. The second-order valence-electron chi connectivity index (χ2n) is 7.08. The maximum absolute atomic E-state index is 12.6. The lowest BCUT2D eigenvalue weighted by molar-refractivity contribution is 0.0962. The fraction of sp³-hybridized carbons (Fsp3) is 0.0833. The van der Waals surface area contributed by atoms with Crippen LogP contribution in [-0.4, -0.2) is 33.8 Å². The number of urea groups is 1. The minimum Gasteiger partial charge on any atom is -0.355 e. The first-order valence-corrected chi connectivity index (χ1v) is 11.0. The first-order chi connectivity index (χ1) is 16.0. The molecule has 0 atom stereocenters. The highest BCUT2D eigenvalue weighted by atomic mass is 32.2. The Labute approximate surface area is 195 Å². The normalized spacial score (nSPS) is 10.5. The third-order valence-electron chi connectivity index (χ3n) is 4.73. The molecule has 0 saturated carbocycles. The molecule has 0 aliphatic carbocycles. The van der Waals surface area contributed by atoms with Crippen molar-refractivity contribution in [3.8, 4) is 11.3 Å². The van der Waals surface area contributed by atoms with E-state index in [1.807, 2.05) is 54.6 Å². The molecule has 2 aromatic carbocycles. The number of benzene rings is 2. The van der Waals surface area contributed by atoms with Crippen molar-refractivity contribution in [2.24, 2.45) is 7.05 Å². The average Bonchev–Trinajstić information content (AvgIpc) is 3.19. The van der Waals surface area contributed by atoms with Gasteiger partial charge < -0.3 is 10.6 Å². The highest BCUT2D eigenvalue weighted by Crippen LogP contribution is 2.28. The predicted molar refractivity (Wildman–Crippen MR) is 129 cm³/mol. The van der Waals surface area contributed by atoms with E-state index in [2.05, 4.69) is 26.0 Å². The zero-order valence-electron chi connectivity index (χ0n) is 18.1. The topological polar surface area (TPSA) is 101 Å². The van der Waals surface area contributed by atoms with Crippen LogP contribution in [0.4, 0.5) is 16.3 Å². The summed E-state index contributed by atoms with van der Waals surface area (Å²) in [7, 11) is 3.36. The van der Waals surface area contributed by atoms with Crippen LogP contribution in [0.1, 0.15) is 10.4 Å². The Morgan fingerprint density at radius 1 is 0.939 bits per heavy atom. The van der Waals surface area contributed by atoms with E-state index in [9.17, 15) is 9.59 Å². The van der Waals surface area contributed by atoms with Gasteiger partial charge in [0.25, 0.3) is 5.91 Å². The highest BCUT2D eigenvalue weighted by molar-refractivity contribution is 7.99. The molecule has 0 aliphatic rings. The Morgan fingerprint density at radius 2 is 1.76 bits per heavy atom. The van der Waals surface area contributed by atoms with Crippen LogP contribution in [-0.2, 0) is 7.05 Å². The smallest absolute Gasteiger partial charge is 0.324 e. The molecule has 166 valence electrons. The average molecular weight is 459 g/mol. The number of carbonyl (C=O) groups excluding carboxylic acids is 2. The summed E-state index contributed by atoms with van der Waals surface area (Å²) in [5, 5.41) is 13.4. The van der Waals surface area contributed by atoms with Gasteiger partial charge >= 0.3 is 6.03 Å². The second-order valence-corrected chi connectivity index (χ2v) is 8.17. The van der Waals surface area contributed by atoms with Crippen molar-refractivity contribution in [3.05, 3.63) is 84.6 Å². The second kappa shape index (κ2) is 10.0. The monoisotopic (exact) mass is 458 g/mol. The SMILES string of the molecule is CNC(=O)c1ccnc(Sc2cccc(NC(=O)Nc3cc(-c4ccccc4)nn3C)c2)c1. The van der Waals surface area contributed by atoms with Gasteiger partial charge in [-0.25, -0.2) is 9.78 Å². The van der Waals surface area contributed by atoms with Crippen LogP contribution in [0.15, 0.2) is 88.9 Å². The van der Waals surface area contributed by atoms with Crippen molar-refractivity contribution in [3.63, 3.8) is 0 Å². The summed E-state index contributed by atoms with van der Waals surface area (Å²) in [4.78, 5) is 29.6. The number of aryl methyl sites for hydroxylation is 1. The molecule has 2 heterocycles. The molecular weight excluding hydrogens is 436 g/mol. The summed E-state index contributed by atoms with van der Waals surface area (Å²) in [6.45, 7) is 0. The summed E-state index contributed by atoms with van der Waals surface area (Å²) in [6.07, 6.45) is 1.60. The molecule has 0 aliphatic heterocycles. The first kappa shape index (κ1) is 22.1. The molecule has 9 heteroatoms. The Kier molecular flexibility index (Phi) is 6.70. The van der Waals surface area contributed by atoms with Gasteiger partial charge in [0, 0.05) is 48.1 Å². The van der Waals surface area contributed by atoms with Gasteiger partial charge in [0.2, 0.25) is 0 Å². The molecule has 4 aromatic rings. The number of rotatable bonds is 6. The maximum Gasteiger partial charge on any atom is 0.324 e. The molecule has 8 nitrogen and oxygen atoms in total. The van der Waals surface area contributed by atoms with Crippen LogP contribution in [0.3, 0.4) is 0 Å². The number of nitrogens with one attached hydrogen (secondary N) is 3. The summed E-state index contributed by atoms with van der Waals surface area (Å²) in [6, 6.07) is 22.0. The van der Waals surface area contributed by atoms with Gasteiger partial charge in [-0.1, -0.05) is 48.2 Å². The van der Waals surface area contributed by atoms with Crippen molar-refractivity contribution in [2.75, 3.05) is 17.7 Å². The Bertz CT molecular complexity index is 1290. The number of hydrogen-bond donors (Lipinski definition) is 3. The minimum atomic E-state index is -0.375. The summed E-state index contributed by atoms with van der Waals surface area (Å²) in [5.74, 6) is 0.407. The van der Waals surface area contributed by atoms with Crippen LogP contribution in [0.25, 0.3) is 11.3 Å². The lowest BCUT2D eigenvalue weighted by atomic mass is 10.2. The molecule has 0 bridgehead atoms. The van der Waals surface area contributed by atoms with Crippen molar-refractivity contribution < 1.29 is 9.59 Å². The molecule has 33 heavy (non-hydrogen) atoms. The van der Waals surface area contributed by atoms with Crippen LogP contribution in [0, 0.1) is 0 Å². The Morgan fingerprint density at radius 3 is 2.55 bits per heavy atom. The van der Waals surface area contributed by atoms with E-state index in [4.69, 9.17) is 0 Å². The highest BCUT2D eigenvalue weighted by Gasteiger charge is 2.11. The molecule has 0 saturated heterocycles. The minimum absolute atomic E-state index is 0.170. The zero-order valence-corrected chi connectivity index (χ0v) is 18.9. The number of anilines is 2. The zero-order chi connectivity index (χ0) is 23.2. The molecule has 0 unspecified atom stereocenters. The van der Waals surface area contributed by atoms with E-state index in [0.29, 0.717) is 22.1 Å². The standard InChI is InChI=1S/C24H22N6O2S/c1-25-23(31)17-11-12-26-22(13-17)33-19-10-6-9-18(14-19)27-24(32)28-21-15-20(29-30(21)2)16-7-4-3-5-8-16/h3-15H,1-2H3,(H,25,31)(H2,27,28,32). The van der Waals surface area contributed by atoms with Gasteiger partial charge in [0.05, 0.1) is 5.69 Å². The number of aromatic nitrogens is 3. The van der Waals surface area contributed by atoms with Gasteiger partial charge in [0.15, 0.2) is 0 Å². The first-order valence-electron chi connectivity index (χ1n) is 10.2. The van der Waals surface area contributed by atoms with Crippen molar-refractivity contribution >= 4 is 35.2 Å². The number of hydrogen-bond acceptors (Lipinski definition) is 5. The largest absolute Gasteiger partial charge is 0.355 e. The number of pyridine rings is 1. The molecule has 2 aromatic heterocycles. The summed E-state index contributed by atoms with van der Waals surface area (Å²) >= 11 is 1.40. The van der Waals surface area contributed by atoms with Crippen LogP contribution in [0.2, 0.25) is 0 Å². The van der Waals surface area contributed by atoms with E-state index in [1.165, 1.54) is 11.8 Å². The van der Waals surface area contributed by atoms with Gasteiger partial charge in [-0.2, -0.15) is 5.10 Å². The van der Waals surface area contributed by atoms with Gasteiger partial charge in [-0.3, -0.25) is 14.8 Å². The third kappa shape index (κ3) is 5.58. The number of carbonyl (C=O) groups is 2. The van der Waals surface area contributed by atoms with Crippen LogP contribution < -0.4 is 16.0 Å².